The second-order valence-corrected chi connectivity index (χ2v) is 9.22. The fraction of sp³-hybridized carbons (Fsp3) is 0.529. The SMILES string of the molecule is COc1ccc(NC(=O)COC(=O)CC(C)(C)C)cc1S(=O)(=O)N(C)C. The van der Waals surface area contributed by atoms with E-state index in [2.05, 4.69) is 5.32 Å². The molecule has 0 aliphatic heterocycles. The topological polar surface area (TPSA) is 102 Å². The van der Waals surface area contributed by atoms with E-state index in [1.165, 1.54) is 39.4 Å². The third-order valence-corrected chi connectivity index (χ3v) is 5.08. The van der Waals surface area contributed by atoms with Crippen LogP contribution in [0.4, 0.5) is 5.69 Å². The summed E-state index contributed by atoms with van der Waals surface area (Å²) >= 11 is 0. The molecule has 1 amide bonds. The number of nitrogens with one attached hydrogen (secondary N) is 1. The summed E-state index contributed by atoms with van der Waals surface area (Å²) in [4.78, 5) is 23.5. The summed E-state index contributed by atoms with van der Waals surface area (Å²) in [6, 6.07) is 4.24. The van der Waals surface area contributed by atoms with E-state index in [4.69, 9.17) is 9.47 Å². The normalized spacial score (nSPS) is 12.0. The molecule has 146 valence electrons. The lowest BCUT2D eigenvalue weighted by atomic mass is 9.92. The van der Waals surface area contributed by atoms with Crippen molar-refractivity contribution in [3.05, 3.63) is 18.2 Å². The molecule has 0 heterocycles. The number of carbonyl (C=O) groups excluding carboxylic acids is 2. The molecule has 8 nitrogen and oxygen atoms in total. The molecule has 1 rings (SSSR count). The van der Waals surface area contributed by atoms with Crippen LogP contribution in [0.1, 0.15) is 27.2 Å². The number of carbonyl (C=O) groups is 2. The molecule has 0 aliphatic carbocycles. The standard InChI is InChI=1S/C17H26N2O6S/c1-17(2,3)10-16(21)25-11-15(20)18-12-7-8-13(24-6)14(9-12)26(22,23)19(4)5/h7-9H,10-11H2,1-6H3,(H,18,20). The maximum Gasteiger partial charge on any atom is 0.306 e. The van der Waals surface area contributed by atoms with Gasteiger partial charge < -0.3 is 14.8 Å². The van der Waals surface area contributed by atoms with Gasteiger partial charge in [-0.3, -0.25) is 9.59 Å². The van der Waals surface area contributed by atoms with Crippen molar-refractivity contribution < 1.29 is 27.5 Å². The van der Waals surface area contributed by atoms with Crippen LogP contribution in [-0.2, 0) is 24.3 Å². The largest absolute Gasteiger partial charge is 0.495 e. The highest BCUT2D eigenvalue weighted by atomic mass is 32.2. The molecule has 0 aliphatic rings. The molecule has 0 saturated heterocycles. The van der Waals surface area contributed by atoms with E-state index >= 15 is 0 Å². The van der Waals surface area contributed by atoms with E-state index < -0.39 is 28.5 Å². The van der Waals surface area contributed by atoms with Crippen LogP contribution >= 0.6 is 0 Å². The summed E-state index contributed by atoms with van der Waals surface area (Å²) in [5.41, 5.74) is 0.0157. The van der Waals surface area contributed by atoms with Gasteiger partial charge in [0, 0.05) is 19.8 Å². The molecule has 26 heavy (non-hydrogen) atoms. The Morgan fingerprint density at radius 1 is 1.19 bits per heavy atom. The van der Waals surface area contributed by atoms with Gasteiger partial charge in [-0.2, -0.15) is 0 Å². The average molecular weight is 386 g/mol. The number of ether oxygens (including phenoxy) is 2. The lowest BCUT2D eigenvalue weighted by Crippen LogP contribution is -2.24. The molecule has 0 aromatic heterocycles. The van der Waals surface area contributed by atoms with Gasteiger partial charge in [0.05, 0.1) is 13.5 Å². The summed E-state index contributed by atoms with van der Waals surface area (Å²) in [6.45, 7) is 5.21. The van der Waals surface area contributed by atoms with E-state index in [1.54, 1.807) is 0 Å². The number of rotatable bonds is 7. The summed E-state index contributed by atoms with van der Waals surface area (Å²) in [5.74, 6) is -0.878. The zero-order chi connectivity index (χ0) is 20.1. The fourth-order valence-corrected chi connectivity index (χ4v) is 3.05. The predicted molar refractivity (Wildman–Crippen MR) is 97.5 cm³/mol. The van der Waals surface area contributed by atoms with Gasteiger partial charge in [0.15, 0.2) is 6.61 Å². The molecule has 0 saturated carbocycles. The minimum Gasteiger partial charge on any atom is -0.495 e. The van der Waals surface area contributed by atoms with Crippen molar-refractivity contribution >= 4 is 27.6 Å². The summed E-state index contributed by atoms with van der Waals surface area (Å²) in [5, 5.41) is 2.51. The van der Waals surface area contributed by atoms with Crippen molar-refractivity contribution in [2.45, 2.75) is 32.1 Å². The van der Waals surface area contributed by atoms with Gasteiger partial charge in [0.25, 0.3) is 5.91 Å². The number of hydrogen-bond donors (Lipinski definition) is 1. The second kappa shape index (κ2) is 8.50. The zero-order valence-electron chi connectivity index (χ0n) is 16.0. The highest BCUT2D eigenvalue weighted by Gasteiger charge is 2.23. The summed E-state index contributed by atoms with van der Waals surface area (Å²) in [7, 11) is 0.401. The monoisotopic (exact) mass is 386 g/mol. The molecule has 0 radical (unpaired) electrons. The summed E-state index contributed by atoms with van der Waals surface area (Å²) in [6.07, 6.45) is 0.189. The van der Waals surface area contributed by atoms with E-state index in [-0.39, 0.29) is 28.2 Å². The molecule has 0 spiro atoms. The Morgan fingerprint density at radius 2 is 1.81 bits per heavy atom. The van der Waals surface area contributed by atoms with Crippen molar-refractivity contribution in [3.63, 3.8) is 0 Å². The Bertz CT molecular complexity index is 766. The number of sulfonamides is 1. The molecule has 0 atom stereocenters. The first-order valence-corrected chi connectivity index (χ1v) is 9.37. The Labute approximate surface area is 154 Å². The molecule has 1 aromatic rings. The molecular formula is C17H26N2O6S. The van der Waals surface area contributed by atoms with Crippen LogP contribution in [0.5, 0.6) is 5.75 Å². The number of nitrogens with zero attached hydrogens (tertiary/aromatic N) is 1. The van der Waals surface area contributed by atoms with E-state index in [9.17, 15) is 18.0 Å². The number of hydrogen-bond acceptors (Lipinski definition) is 6. The lowest BCUT2D eigenvalue weighted by Gasteiger charge is -2.17. The highest BCUT2D eigenvalue weighted by Crippen LogP contribution is 2.28. The Morgan fingerprint density at radius 3 is 2.31 bits per heavy atom. The third kappa shape index (κ3) is 6.30. The smallest absolute Gasteiger partial charge is 0.306 e. The fourth-order valence-electron chi connectivity index (χ4n) is 1.98. The van der Waals surface area contributed by atoms with Crippen LogP contribution in [-0.4, -0.2) is 52.4 Å². The second-order valence-electron chi connectivity index (χ2n) is 7.10. The van der Waals surface area contributed by atoms with Crippen LogP contribution in [0.3, 0.4) is 0 Å². The van der Waals surface area contributed by atoms with Gasteiger partial charge in [0.2, 0.25) is 10.0 Å². The molecule has 1 aromatic carbocycles. The van der Waals surface area contributed by atoms with Crippen LogP contribution in [0, 0.1) is 5.41 Å². The third-order valence-electron chi connectivity index (χ3n) is 3.24. The van der Waals surface area contributed by atoms with Gasteiger partial charge in [-0.05, 0) is 23.6 Å². The minimum atomic E-state index is -3.75. The molecule has 1 N–H and O–H groups in total. The van der Waals surface area contributed by atoms with Gasteiger partial charge in [-0.25, -0.2) is 12.7 Å². The molecular weight excluding hydrogens is 360 g/mol. The highest BCUT2D eigenvalue weighted by molar-refractivity contribution is 7.89. The first kappa shape index (κ1) is 21.9. The number of anilines is 1. The number of esters is 1. The van der Waals surface area contributed by atoms with Gasteiger partial charge in [0.1, 0.15) is 10.6 Å². The van der Waals surface area contributed by atoms with E-state index in [0.29, 0.717) is 0 Å². The van der Waals surface area contributed by atoms with Crippen molar-refractivity contribution in [3.8, 4) is 5.75 Å². The Hall–Kier alpha value is -2.13. The van der Waals surface area contributed by atoms with Crippen molar-refractivity contribution in [2.24, 2.45) is 5.41 Å². The lowest BCUT2D eigenvalue weighted by molar-refractivity contribution is -0.149. The molecule has 9 heteroatoms. The molecule has 0 unspecified atom stereocenters. The van der Waals surface area contributed by atoms with Crippen LogP contribution in [0.15, 0.2) is 23.1 Å². The predicted octanol–water partition coefficient (Wildman–Crippen LogP) is 1.86. The number of benzene rings is 1. The first-order chi connectivity index (χ1) is 11.9. The average Bonchev–Trinajstić information content (AvgIpc) is 2.51. The minimum absolute atomic E-state index is 0.0764. The first-order valence-electron chi connectivity index (χ1n) is 7.93. The van der Waals surface area contributed by atoms with Gasteiger partial charge in [-0.1, -0.05) is 20.8 Å². The van der Waals surface area contributed by atoms with E-state index in [1.807, 2.05) is 20.8 Å². The van der Waals surface area contributed by atoms with Crippen molar-refractivity contribution in [2.75, 3.05) is 33.1 Å². The maximum atomic E-state index is 12.4. The zero-order valence-corrected chi connectivity index (χ0v) is 16.8. The van der Waals surface area contributed by atoms with Crippen molar-refractivity contribution in [1.82, 2.24) is 4.31 Å². The number of methoxy groups -OCH3 is 1. The Balaban J connectivity index is 2.85. The van der Waals surface area contributed by atoms with Crippen LogP contribution in [0.2, 0.25) is 0 Å². The van der Waals surface area contributed by atoms with Gasteiger partial charge in [-0.15, -0.1) is 0 Å². The van der Waals surface area contributed by atoms with Crippen LogP contribution in [0.25, 0.3) is 0 Å². The van der Waals surface area contributed by atoms with Crippen molar-refractivity contribution in [1.29, 1.82) is 0 Å². The number of amides is 1. The van der Waals surface area contributed by atoms with E-state index in [0.717, 1.165) is 4.31 Å². The van der Waals surface area contributed by atoms with Gasteiger partial charge >= 0.3 is 5.97 Å². The quantitative estimate of drug-likeness (QED) is 0.718. The van der Waals surface area contributed by atoms with Crippen LogP contribution < -0.4 is 10.1 Å². The molecule has 0 fully saturated rings. The summed E-state index contributed by atoms with van der Waals surface area (Å²) < 4.78 is 35.8. The molecule has 0 bridgehead atoms. The Kier molecular flexibility index (Phi) is 7.16. The maximum absolute atomic E-state index is 12.4.